The van der Waals surface area contributed by atoms with Crippen molar-refractivity contribution in [3.63, 3.8) is 0 Å². The van der Waals surface area contributed by atoms with E-state index in [0.29, 0.717) is 6.54 Å². The molecule has 2 N–H and O–H groups in total. The predicted molar refractivity (Wildman–Crippen MR) is 112 cm³/mol. The number of benzene rings is 2. The maximum Gasteiger partial charge on any atom is 0.221 e. The lowest BCUT2D eigenvalue weighted by Gasteiger charge is -2.31. The summed E-state index contributed by atoms with van der Waals surface area (Å²) in [6, 6.07) is 17.7. The third-order valence-corrected chi connectivity index (χ3v) is 5.31. The minimum Gasteiger partial charge on any atom is -0.457 e. The number of aromatic nitrogens is 2. The fraction of sp³-hybridized carbons (Fsp3) is 0.304. The first kappa shape index (κ1) is 19.2. The Bertz CT molecular complexity index is 966. The lowest BCUT2D eigenvalue weighted by atomic mass is 9.97. The van der Waals surface area contributed by atoms with Crippen LogP contribution in [0.4, 0.5) is 0 Å². The number of hydrogen-bond acceptors (Lipinski definition) is 4. The summed E-state index contributed by atoms with van der Waals surface area (Å²) in [5.74, 6) is 1.35. The van der Waals surface area contributed by atoms with Crippen molar-refractivity contribution in [2.45, 2.75) is 19.4 Å². The van der Waals surface area contributed by atoms with Gasteiger partial charge in [0, 0.05) is 37.5 Å². The van der Waals surface area contributed by atoms with E-state index in [1.165, 1.54) is 0 Å². The van der Waals surface area contributed by atoms with Crippen molar-refractivity contribution in [3.05, 3.63) is 66.4 Å². The Kier molecular flexibility index (Phi) is 5.62. The molecule has 1 aliphatic heterocycles. The second-order valence-electron chi connectivity index (χ2n) is 7.59. The van der Waals surface area contributed by atoms with E-state index < -0.39 is 0 Å². The van der Waals surface area contributed by atoms with Gasteiger partial charge >= 0.3 is 0 Å². The number of rotatable bonds is 6. The molecule has 3 aromatic rings. The van der Waals surface area contributed by atoms with E-state index in [4.69, 9.17) is 10.5 Å². The van der Waals surface area contributed by atoms with Crippen LogP contribution in [-0.2, 0) is 18.4 Å². The Morgan fingerprint density at radius 2 is 1.86 bits per heavy atom. The van der Waals surface area contributed by atoms with Gasteiger partial charge in [0.2, 0.25) is 5.91 Å². The van der Waals surface area contributed by atoms with Gasteiger partial charge in [-0.25, -0.2) is 0 Å². The van der Waals surface area contributed by atoms with E-state index in [-0.39, 0.29) is 11.8 Å². The van der Waals surface area contributed by atoms with E-state index in [9.17, 15) is 4.79 Å². The van der Waals surface area contributed by atoms with Crippen LogP contribution in [0.3, 0.4) is 0 Å². The largest absolute Gasteiger partial charge is 0.457 e. The van der Waals surface area contributed by atoms with Crippen molar-refractivity contribution in [1.29, 1.82) is 0 Å². The Labute approximate surface area is 170 Å². The van der Waals surface area contributed by atoms with Gasteiger partial charge in [-0.05, 0) is 55.8 Å². The van der Waals surface area contributed by atoms with Crippen LogP contribution in [0.2, 0.25) is 0 Å². The van der Waals surface area contributed by atoms with Crippen molar-refractivity contribution in [2.24, 2.45) is 18.7 Å². The van der Waals surface area contributed by atoms with E-state index in [1.807, 2.05) is 66.3 Å². The lowest BCUT2D eigenvalue weighted by Crippen LogP contribution is -2.40. The van der Waals surface area contributed by atoms with Crippen LogP contribution in [0.15, 0.2) is 60.8 Å². The summed E-state index contributed by atoms with van der Waals surface area (Å²) in [4.78, 5) is 13.9. The molecule has 1 atom stereocenters. The second-order valence-corrected chi connectivity index (χ2v) is 7.59. The molecule has 6 heteroatoms. The van der Waals surface area contributed by atoms with Gasteiger partial charge < -0.3 is 10.5 Å². The molecule has 1 amide bonds. The monoisotopic (exact) mass is 390 g/mol. The SMILES string of the molecule is Cn1cc(CN2CCCC(C(N)=O)C2)c(-c2ccc(Oc3ccccc3)cc2)n1. The number of carbonyl (C=O) groups is 1. The average Bonchev–Trinajstić information content (AvgIpc) is 3.09. The van der Waals surface area contributed by atoms with Crippen molar-refractivity contribution < 1.29 is 9.53 Å². The zero-order chi connectivity index (χ0) is 20.2. The standard InChI is InChI=1S/C23H26N4O2/c1-26-14-19(16-27-13-5-6-18(15-27)23(24)28)22(25-26)17-9-11-21(12-10-17)29-20-7-3-2-4-8-20/h2-4,7-12,14,18H,5-6,13,15-16H2,1H3,(H2,24,28). The predicted octanol–water partition coefficient (Wildman–Crippen LogP) is 3.58. The minimum atomic E-state index is -0.199. The topological polar surface area (TPSA) is 73.4 Å². The molecule has 29 heavy (non-hydrogen) atoms. The van der Waals surface area contributed by atoms with Crippen molar-refractivity contribution in [1.82, 2.24) is 14.7 Å². The Morgan fingerprint density at radius 1 is 1.14 bits per heavy atom. The number of likely N-dealkylation sites (tertiary alicyclic amines) is 1. The Balaban J connectivity index is 1.50. The molecule has 1 aromatic heterocycles. The summed E-state index contributed by atoms with van der Waals surface area (Å²) < 4.78 is 7.72. The van der Waals surface area contributed by atoms with Gasteiger partial charge in [-0.15, -0.1) is 0 Å². The molecule has 1 unspecified atom stereocenters. The fourth-order valence-corrected chi connectivity index (χ4v) is 3.87. The van der Waals surface area contributed by atoms with Crippen molar-refractivity contribution in [2.75, 3.05) is 13.1 Å². The van der Waals surface area contributed by atoms with Crippen LogP contribution >= 0.6 is 0 Å². The highest BCUT2D eigenvalue weighted by atomic mass is 16.5. The zero-order valence-electron chi connectivity index (χ0n) is 16.6. The van der Waals surface area contributed by atoms with Gasteiger partial charge in [0.15, 0.2) is 0 Å². The molecular formula is C23H26N4O2. The third kappa shape index (κ3) is 4.66. The molecule has 0 aliphatic carbocycles. The van der Waals surface area contributed by atoms with Crippen molar-refractivity contribution in [3.8, 4) is 22.8 Å². The summed E-state index contributed by atoms with van der Waals surface area (Å²) >= 11 is 0. The van der Waals surface area contributed by atoms with Gasteiger partial charge in [0.05, 0.1) is 11.6 Å². The first-order chi connectivity index (χ1) is 14.1. The van der Waals surface area contributed by atoms with Crippen LogP contribution < -0.4 is 10.5 Å². The maximum absolute atomic E-state index is 11.6. The number of para-hydroxylation sites is 1. The molecule has 1 fully saturated rings. The fourth-order valence-electron chi connectivity index (χ4n) is 3.87. The van der Waals surface area contributed by atoms with Crippen LogP contribution in [0.5, 0.6) is 11.5 Å². The van der Waals surface area contributed by atoms with Crippen LogP contribution in [0.1, 0.15) is 18.4 Å². The van der Waals surface area contributed by atoms with Gasteiger partial charge in [0.1, 0.15) is 11.5 Å². The molecule has 6 nitrogen and oxygen atoms in total. The lowest BCUT2D eigenvalue weighted by molar-refractivity contribution is -0.123. The molecule has 0 bridgehead atoms. The van der Waals surface area contributed by atoms with Gasteiger partial charge in [-0.3, -0.25) is 14.4 Å². The molecule has 1 saturated heterocycles. The van der Waals surface area contributed by atoms with Gasteiger partial charge in [-0.2, -0.15) is 5.10 Å². The van der Waals surface area contributed by atoms with Crippen LogP contribution in [0.25, 0.3) is 11.3 Å². The van der Waals surface area contributed by atoms with Crippen molar-refractivity contribution >= 4 is 5.91 Å². The number of amides is 1. The number of hydrogen-bond donors (Lipinski definition) is 1. The Hall–Kier alpha value is -3.12. The highest BCUT2D eigenvalue weighted by Gasteiger charge is 2.25. The zero-order valence-corrected chi connectivity index (χ0v) is 16.6. The number of aryl methyl sites for hydroxylation is 1. The van der Waals surface area contributed by atoms with E-state index in [1.54, 1.807) is 0 Å². The summed E-state index contributed by atoms with van der Waals surface area (Å²) in [6.07, 6.45) is 3.93. The summed E-state index contributed by atoms with van der Waals surface area (Å²) in [6.45, 7) is 2.45. The third-order valence-electron chi connectivity index (χ3n) is 5.31. The quantitative estimate of drug-likeness (QED) is 0.698. The molecule has 150 valence electrons. The molecule has 0 radical (unpaired) electrons. The number of nitrogens with two attached hydrogens (primary N) is 1. The van der Waals surface area contributed by atoms with Gasteiger partial charge in [-0.1, -0.05) is 18.2 Å². The van der Waals surface area contributed by atoms with E-state index in [0.717, 1.165) is 54.3 Å². The second kappa shape index (κ2) is 8.49. The van der Waals surface area contributed by atoms with E-state index in [2.05, 4.69) is 16.2 Å². The number of piperidine rings is 1. The molecule has 4 rings (SSSR count). The van der Waals surface area contributed by atoms with Crippen LogP contribution in [-0.4, -0.2) is 33.7 Å². The summed E-state index contributed by atoms with van der Waals surface area (Å²) in [5, 5.41) is 4.67. The molecule has 1 aliphatic rings. The van der Waals surface area contributed by atoms with E-state index >= 15 is 0 Å². The number of carbonyl (C=O) groups excluding carboxylic acids is 1. The molecule has 2 aromatic carbocycles. The minimum absolute atomic E-state index is 0.0571. The average molecular weight is 390 g/mol. The number of primary amides is 1. The highest BCUT2D eigenvalue weighted by molar-refractivity contribution is 5.77. The number of nitrogens with zero attached hydrogens (tertiary/aromatic N) is 3. The maximum atomic E-state index is 11.6. The van der Waals surface area contributed by atoms with Gasteiger partial charge in [0.25, 0.3) is 0 Å². The summed E-state index contributed by atoms with van der Waals surface area (Å²) in [7, 11) is 1.93. The highest BCUT2D eigenvalue weighted by Crippen LogP contribution is 2.28. The normalized spacial score (nSPS) is 17.2. The summed E-state index contributed by atoms with van der Waals surface area (Å²) in [5.41, 5.74) is 8.67. The molecule has 2 heterocycles. The van der Waals surface area contributed by atoms with Crippen LogP contribution in [0, 0.1) is 5.92 Å². The first-order valence-corrected chi connectivity index (χ1v) is 9.96. The first-order valence-electron chi connectivity index (χ1n) is 9.96. The molecule has 0 spiro atoms. The molecule has 0 saturated carbocycles. The molecular weight excluding hydrogens is 364 g/mol. The Morgan fingerprint density at radius 3 is 2.59 bits per heavy atom. The smallest absolute Gasteiger partial charge is 0.221 e. The number of ether oxygens (including phenoxy) is 1.